The van der Waals surface area contributed by atoms with Crippen molar-refractivity contribution in [3.05, 3.63) is 100 Å². The van der Waals surface area contributed by atoms with Crippen LogP contribution in [0.15, 0.2) is 66.7 Å². The van der Waals surface area contributed by atoms with Gasteiger partial charge < -0.3 is 5.32 Å². The monoisotopic (exact) mass is 337 g/mol. The van der Waals surface area contributed by atoms with E-state index in [0.29, 0.717) is 6.42 Å². The molecule has 5 rings (SSSR count). The number of nitrogens with one attached hydrogen (secondary N) is 1. The van der Waals surface area contributed by atoms with Crippen LogP contribution in [0.4, 0.5) is 5.69 Å². The molecule has 1 heterocycles. The molecule has 3 aromatic carbocycles. The highest BCUT2D eigenvalue weighted by Crippen LogP contribution is 2.36. The summed E-state index contributed by atoms with van der Waals surface area (Å²) in [6.07, 6.45) is 4.83. The van der Waals surface area contributed by atoms with Gasteiger partial charge in [-0.05, 0) is 63.9 Å². The van der Waals surface area contributed by atoms with Crippen molar-refractivity contribution in [1.29, 1.82) is 0 Å². The number of rotatable bonds is 1. The van der Waals surface area contributed by atoms with Gasteiger partial charge in [-0.25, -0.2) is 0 Å². The van der Waals surface area contributed by atoms with E-state index < -0.39 is 0 Å². The molecule has 0 aromatic heterocycles. The number of carbonyl (C=O) groups excluding carboxylic acids is 1. The number of anilines is 1. The van der Waals surface area contributed by atoms with Gasteiger partial charge in [0.05, 0.1) is 6.42 Å². The minimum Gasteiger partial charge on any atom is -0.326 e. The van der Waals surface area contributed by atoms with Gasteiger partial charge in [-0.3, -0.25) is 4.79 Å². The third kappa shape index (κ3) is 2.46. The Morgan fingerprint density at radius 3 is 2.12 bits per heavy atom. The molecular weight excluding hydrogens is 318 g/mol. The summed E-state index contributed by atoms with van der Waals surface area (Å²) >= 11 is 0. The first-order chi connectivity index (χ1) is 12.8. The second-order valence-electron chi connectivity index (χ2n) is 6.97. The fraction of sp³-hybridized carbons (Fsp3) is 0.125. The van der Waals surface area contributed by atoms with Crippen molar-refractivity contribution in [2.75, 3.05) is 5.32 Å². The highest BCUT2D eigenvalue weighted by atomic mass is 16.1. The lowest BCUT2D eigenvalue weighted by Crippen LogP contribution is -2.03. The summed E-state index contributed by atoms with van der Waals surface area (Å²) in [5, 5.41) is 2.96. The van der Waals surface area contributed by atoms with Crippen LogP contribution in [0, 0.1) is 0 Å². The molecule has 0 unspecified atom stereocenters. The first-order valence-corrected chi connectivity index (χ1v) is 9.09. The summed E-state index contributed by atoms with van der Waals surface area (Å²) in [7, 11) is 0. The molecule has 0 fully saturated rings. The molecule has 0 radical (unpaired) electrons. The Bertz CT molecular complexity index is 1010. The maximum atomic E-state index is 11.9. The maximum Gasteiger partial charge on any atom is 0.228 e. The van der Waals surface area contributed by atoms with Gasteiger partial charge in [0.15, 0.2) is 0 Å². The molecule has 126 valence electrons. The second-order valence-corrected chi connectivity index (χ2v) is 6.97. The molecule has 1 N–H and O–H groups in total. The van der Waals surface area contributed by atoms with Crippen molar-refractivity contribution in [2.24, 2.45) is 0 Å². The lowest BCUT2D eigenvalue weighted by molar-refractivity contribution is -0.115. The van der Waals surface area contributed by atoms with Crippen molar-refractivity contribution in [2.45, 2.75) is 19.3 Å². The lowest BCUT2D eigenvalue weighted by atomic mass is 9.91. The summed E-state index contributed by atoms with van der Waals surface area (Å²) in [6.45, 7) is 0. The van der Waals surface area contributed by atoms with Gasteiger partial charge in [-0.1, -0.05) is 60.7 Å². The van der Waals surface area contributed by atoms with Crippen LogP contribution in [0.25, 0.3) is 11.6 Å². The van der Waals surface area contributed by atoms with E-state index in [4.69, 9.17) is 0 Å². The van der Waals surface area contributed by atoms with Crippen LogP contribution in [-0.2, 0) is 24.1 Å². The average Bonchev–Trinajstić information content (AvgIpc) is 2.98. The van der Waals surface area contributed by atoms with E-state index in [2.05, 4.69) is 66.0 Å². The normalized spacial score (nSPS) is 14.8. The van der Waals surface area contributed by atoms with Gasteiger partial charge in [-0.2, -0.15) is 0 Å². The predicted octanol–water partition coefficient (Wildman–Crippen LogP) is 4.87. The predicted molar refractivity (Wildman–Crippen MR) is 106 cm³/mol. The number of hydrogen-bond donors (Lipinski definition) is 1. The van der Waals surface area contributed by atoms with Gasteiger partial charge in [0.2, 0.25) is 5.91 Å². The Hall–Kier alpha value is -3.13. The molecule has 1 amide bonds. The first-order valence-electron chi connectivity index (χ1n) is 9.09. The summed E-state index contributed by atoms with van der Waals surface area (Å²) in [4.78, 5) is 11.9. The van der Waals surface area contributed by atoms with E-state index in [1.54, 1.807) is 0 Å². The van der Waals surface area contributed by atoms with Gasteiger partial charge >= 0.3 is 0 Å². The van der Waals surface area contributed by atoms with Crippen LogP contribution in [0.3, 0.4) is 0 Å². The van der Waals surface area contributed by atoms with Crippen LogP contribution in [0.1, 0.15) is 33.4 Å². The molecule has 0 saturated carbocycles. The Morgan fingerprint density at radius 1 is 0.769 bits per heavy atom. The van der Waals surface area contributed by atoms with E-state index in [0.717, 1.165) is 29.7 Å². The first kappa shape index (κ1) is 15.2. The molecule has 26 heavy (non-hydrogen) atoms. The highest BCUT2D eigenvalue weighted by molar-refractivity contribution is 6.02. The summed E-state index contributed by atoms with van der Waals surface area (Å²) < 4.78 is 0. The molecule has 3 aromatic rings. The SMILES string of the molecule is O=C1Cc2c(C=C3c4ccccc4CCc4ccccc43)cccc2N1. The molecule has 0 saturated heterocycles. The number of benzene rings is 3. The molecule has 1 aliphatic heterocycles. The zero-order chi connectivity index (χ0) is 17.5. The van der Waals surface area contributed by atoms with E-state index in [-0.39, 0.29) is 5.91 Å². The molecule has 0 bridgehead atoms. The van der Waals surface area contributed by atoms with Crippen molar-refractivity contribution in [1.82, 2.24) is 0 Å². The number of fused-ring (bicyclic) bond motifs is 3. The van der Waals surface area contributed by atoms with Gasteiger partial charge in [-0.15, -0.1) is 0 Å². The zero-order valence-electron chi connectivity index (χ0n) is 14.5. The van der Waals surface area contributed by atoms with E-state index in [1.165, 1.54) is 27.8 Å². The van der Waals surface area contributed by atoms with Crippen LogP contribution >= 0.6 is 0 Å². The van der Waals surface area contributed by atoms with Crippen LogP contribution in [0.2, 0.25) is 0 Å². The van der Waals surface area contributed by atoms with Crippen LogP contribution in [-0.4, -0.2) is 5.91 Å². The zero-order valence-corrected chi connectivity index (χ0v) is 14.5. The Morgan fingerprint density at radius 2 is 1.42 bits per heavy atom. The van der Waals surface area contributed by atoms with E-state index in [9.17, 15) is 4.79 Å². The van der Waals surface area contributed by atoms with Crippen molar-refractivity contribution >= 4 is 23.2 Å². The molecule has 1 aliphatic carbocycles. The summed E-state index contributed by atoms with van der Waals surface area (Å²) in [5.41, 5.74) is 9.79. The Balaban J connectivity index is 1.76. The van der Waals surface area contributed by atoms with Gasteiger partial charge in [0, 0.05) is 5.69 Å². The van der Waals surface area contributed by atoms with Gasteiger partial charge in [0.1, 0.15) is 0 Å². The van der Waals surface area contributed by atoms with Crippen LogP contribution < -0.4 is 5.32 Å². The van der Waals surface area contributed by atoms with E-state index >= 15 is 0 Å². The topological polar surface area (TPSA) is 29.1 Å². The lowest BCUT2D eigenvalue weighted by Gasteiger charge is -2.13. The fourth-order valence-corrected chi connectivity index (χ4v) is 4.14. The molecular formula is C24H19NO. The molecule has 2 nitrogen and oxygen atoms in total. The van der Waals surface area contributed by atoms with E-state index in [1.807, 2.05) is 12.1 Å². The molecule has 2 aliphatic rings. The number of amides is 1. The number of hydrogen-bond acceptors (Lipinski definition) is 1. The highest BCUT2D eigenvalue weighted by Gasteiger charge is 2.22. The minimum absolute atomic E-state index is 0.0764. The summed E-state index contributed by atoms with van der Waals surface area (Å²) in [5.74, 6) is 0.0764. The number of aryl methyl sites for hydroxylation is 2. The third-order valence-corrected chi connectivity index (χ3v) is 5.40. The maximum absolute atomic E-state index is 11.9. The quantitative estimate of drug-likeness (QED) is 0.674. The Labute approximate surface area is 153 Å². The average molecular weight is 337 g/mol. The summed E-state index contributed by atoms with van der Waals surface area (Å²) in [6, 6.07) is 23.5. The molecule has 2 heteroatoms. The smallest absolute Gasteiger partial charge is 0.228 e. The molecule has 0 spiro atoms. The standard InChI is InChI=1S/C24H19NO/c26-24-15-21-18(8-5-11-23(21)25-24)14-22-19-9-3-1-6-16(19)12-13-17-7-2-4-10-20(17)22/h1-11,14H,12-13,15H2,(H,25,26). The Kier molecular flexibility index (Phi) is 3.49. The van der Waals surface area contributed by atoms with Crippen LogP contribution in [0.5, 0.6) is 0 Å². The van der Waals surface area contributed by atoms with Crippen molar-refractivity contribution in [3.8, 4) is 0 Å². The van der Waals surface area contributed by atoms with Crippen molar-refractivity contribution in [3.63, 3.8) is 0 Å². The number of carbonyl (C=O) groups is 1. The third-order valence-electron chi connectivity index (χ3n) is 5.40. The second kappa shape index (κ2) is 5.99. The fourth-order valence-electron chi connectivity index (χ4n) is 4.14. The largest absolute Gasteiger partial charge is 0.326 e. The minimum atomic E-state index is 0.0764. The van der Waals surface area contributed by atoms with Gasteiger partial charge in [0.25, 0.3) is 0 Å². The van der Waals surface area contributed by atoms with Crippen molar-refractivity contribution < 1.29 is 4.79 Å². The molecule has 0 atom stereocenters.